The van der Waals surface area contributed by atoms with E-state index in [9.17, 15) is 43.9 Å². The van der Waals surface area contributed by atoms with Crippen LogP contribution in [0.4, 0.5) is 43.9 Å². The summed E-state index contributed by atoms with van der Waals surface area (Å²) in [4.78, 5) is 0. The van der Waals surface area contributed by atoms with Gasteiger partial charge < -0.3 is 10.2 Å². The molecule has 0 heterocycles. The number of aliphatic hydroxyl groups is 2. The van der Waals surface area contributed by atoms with Crippen molar-refractivity contribution in [3.8, 4) is 0 Å². The third kappa shape index (κ3) is 8.31. The van der Waals surface area contributed by atoms with Crippen LogP contribution < -0.4 is 0 Å². The second-order valence-corrected chi connectivity index (χ2v) is 5.77. The van der Waals surface area contributed by atoms with Gasteiger partial charge in [0.25, 0.3) is 0 Å². The van der Waals surface area contributed by atoms with E-state index in [0.29, 0.717) is 11.8 Å². The van der Waals surface area contributed by atoms with E-state index in [2.05, 4.69) is 0 Å². The van der Waals surface area contributed by atoms with E-state index in [0.717, 1.165) is 0 Å². The van der Waals surface area contributed by atoms with Gasteiger partial charge >= 0.3 is 12.4 Å². The Kier molecular flexibility index (Phi) is 9.30. The van der Waals surface area contributed by atoms with Crippen LogP contribution in [0.15, 0.2) is 23.3 Å². The molecule has 0 fully saturated rings. The molecule has 148 valence electrons. The van der Waals surface area contributed by atoms with Crippen molar-refractivity contribution < 1.29 is 54.1 Å². The molecule has 25 heavy (non-hydrogen) atoms. The van der Waals surface area contributed by atoms with Gasteiger partial charge in [0.1, 0.15) is 12.2 Å². The summed E-state index contributed by atoms with van der Waals surface area (Å²) in [6.45, 7) is 0. The maximum Gasteiger partial charge on any atom is 0.445 e. The third-order valence-electron chi connectivity index (χ3n) is 2.57. The molecule has 0 aromatic rings. The molecule has 0 rings (SSSR count). The largest absolute Gasteiger partial charge is 0.445 e. The lowest BCUT2D eigenvalue weighted by molar-refractivity contribution is -0.113. The van der Waals surface area contributed by atoms with Gasteiger partial charge in [0.05, 0.1) is 0 Å². The van der Waals surface area contributed by atoms with E-state index < -0.39 is 60.7 Å². The van der Waals surface area contributed by atoms with Crippen molar-refractivity contribution >= 4 is 11.8 Å². The minimum Gasteiger partial charge on any atom is -0.386 e. The average Bonchev–Trinajstić information content (AvgIpc) is 2.49. The minimum atomic E-state index is -5.60. The number of allylic oxidation sites excluding steroid dienone is 2. The Morgan fingerprint density at radius 3 is 1.20 bits per heavy atom. The summed E-state index contributed by atoms with van der Waals surface area (Å²) < 4.78 is 122. The van der Waals surface area contributed by atoms with Gasteiger partial charge in [0, 0.05) is 0 Å². The fourth-order valence-corrected chi connectivity index (χ4v) is 2.29. The van der Waals surface area contributed by atoms with Crippen molar-refractivity contribution in [1.82, 2.24) is 0 Å². The topological polar surface area (TPSA) is 40.5 Å². The van der Waals surface area contributed by atoms with Crippen LogP contribution in [0, 0.1) is 0 Å². The highest BCUT2D eigenvalue weighted by atomic mass is 32.2. The van der Waals surface area contributed by atoms with Gasteiger partial charge in [-0.15, -0.1) is 0 Å². The van der Waals surface area contributed by atoms with Gasteiger partial charge in [-0.25, -0.2) is 8.78 Å². The van der Waals surface area contributed by atoms with Crippen molar-refractivity contribution in [2.75, 3.05) is 11.5 Å². The number of hydrogen-bond donors (Lipinski definition) is 2. The van der Waals surface area contributed by atoms with Crippen LogP contribution >= 0.6 is 11.8 Å². The van der Waals surface area contributed by atoms with E-state index in [-0.39, 0.29) is 11.5 Å². The zero-order chi connectivity index (χ0) is 20.0. The summed E-state index contributed by atoms with van der Waals surface area (Å²) in [5.41, 5.74) is 0. The minimum absolute atomic E-state index is 0.292. The highest BCUT2D eigenvalue weighted by molar-refractivity contribution is 7.99. The number of thioether (sulfide) groups is 1. The molecule has 0 saturated carbocycles. The van der Waals surface area contributed by atoms with Gasteiger partial charge in [-0.05, 0) is 24.3 Å². The summed E-state index contributed by atoms with van der Waals surface area (Å²) in [5, 5.41) is 18.1. The quantitative estimate of drug-likeness (QED) is 0.452. The Balaban J connectivity index is 4.36. The van der Waals surface area contributed by atoms with Crippen LogP contribution in [0.3, 0.4) is 0 Å². The van der Waals surface area contributed by atoms with Crippen LogP contribution in [-0.4, -0.2) is 46.3 Å². The summed E-state index contributed by atoms with van der Waals surface area (Å²) in [6.07, 6.45) is -17.4. The highest BCUT2D eigenvalue weighted by Gasteiger charge is 2.40. The fraction of sp³-hybridized carbons (Fsp3) is 0.667. The van der Waals surface area contributed by atoms with Crippen LogP contribution in [-0.2, 0) is 0 Å². The maximum absolute atomic E-state index is 12.9. The molecule has 2 unspecified atom stereocenters. The van der Waals surface area contributed by atoms with Crippen LogP contribution in [0.25, 0.3) is 0 Å². The van der Waals surface area contributed by atoms with E-state index in [1.54, 1.807) is 0 Å². The van der Waals surface area contributed by atoms with E-state index >= 15 is 0 Å². The van der Waals surface area contributed by atoms with Crippen LogP contribution in [0.5, 0.6) is 0 Å². The standard InChI is InChI=1S/C12H12F10O2S/c13-7(9(15)11(17,18)19)5(23)1-3-25-4-2-6(24)8(14)10(16)12(20,21)22/h5-6,23-24H,1-4H2. The molecule has 2 nitrogen and oxygen atoms in total. The van der Waals surface area contributed by atoms with Crippen molar-refractivity contribution in [2.45, 2.75) is 37.4 Å². The first kappa shape index (κ1) is 24.1. The van der Waals surface area contributed by atoms with Crippen LogP contribution in [0.1, 0.15) is 12.8 Å². The van der Waals surface area contributed by atoms with Gasteiger partial charge in [-0.1, -0.05) is 0 Å². The Hall–Kier alpha value is -0.950. The summed E-state index contributed by atoms with van der Waals surface area (Å²) in [5.74, 6) is -11.6. The second-order valence-electron chi connectivity index (χ2n) is 4.54. The Bertz CT molecular complexity index is 453. The Labute approximate surface area is 139 Å². The molecule has 0 saturated heterocycles. The zero-order valence-electron chi connectivity index (χ0n) is 12.1. The molecule has 13 heteroatoms. The van der Waals surface area contributed by atoms with Crippen molar-refractivity contribution in [3.05, 3.63) is 23.3 Å². The molecule has 0 radical (unpaired) electrons. The van der Waals surface area contributed by atoms with Crippen LogP contribution in [0.2, 0.25) is 0 Å². The molecular formula is C12H12F10O2S. The lowest BCUT2D eigenvalue weighted by Gasteiger charge is -2.12. The highest BCUT2D eigenvalue weighted by Crippen LogP contribution is 2.33. The van der Waals surface area contributed by atoms with E-state index in [1.165, 1.54) is 0 Å². The number of rotatable bonds is 8. The van der Waals surface area contributed by atoms with Gasteiger partial charge in [-0.2, -0.15) is 46.9 Å². The lowest BCUT2D eigenvalue weighted by Crippen LogP contribution is -2.18. The predicted octanol–water partition coefficient (Wildman–Crippen LogP) is 4.65. The molecule has 0 amide bonds. The van der Waals surface area contributed by atoms with E-state index in [4.69, 9.17) is 10.2 Å². The molecule has 0 aliphatic heterocycles. The number of aliphatic hydroxyl groups excluding tert-OH is 2. The zero-order valence-corrected chi connectivity index (χ0v) is 12.9. The monoisotopic (exact) mass is 410 g/mol. The summed E-state index contributed by atoms with van der Waals surface area (Å²) >= 11 is 0.677. The molecule has 0 bridgehead atoms. The molecule has 0 aliphatic carbocycles. The summed E-state index contributed by atoms with van der Waals surface area (Å²) in [7, 11) is 0. The first-order valence-corrected chi connectivity index (χ1v) is 7.53. The smallest absolute Gasteiger partial charge is 0.386 e. The molecular weight excluding hydrogens is 398 g/mol. The van der Waals surface area contributed by atoms with Crippen molar-refractivity contribution in [2.24, 2.45) is 0 Å². The average molecular weight is 410 g/mol. The SMILES string of the molecule is OC(CCSCCC(O)C(F)=C(F)C(F)(F)F)C(F)=C(F)C(F)(F)F. The molecule has 2 N–H and O–H groups in total. The van der Waals surface area contributed by atoms with Crippen molar-refractivity contribution in [1.29, 1.82) is 0 Å². The number of hydrogen-bond acceptors (Lipinski definition) is 3. The molecule has 0 aliphatic rings. The Morgan fingerprint density at radius 2 is 0.960 bits per heavy atom. The van der Waals surface area contributed by atoms with Gasteiger partial charge in [0.15, 0.2) is 11.7 Å². The normalized spacial score (nSPS) is 17.8. The molecule has 0 aromatic heterocycles. The maximum atomic E-state index is 12.9. The first-order valence-electron chi connectivity index (χ1n) is 6.38. The predicted molar refractivity (Wildman–Crippen MR) is 69.2 cm³/mol. The molecule has 0 spiro atoms. The fourth-order valence-electron chi connectivity index (χ4n) is 1.31. The van der Waals surface area contributed by atoms with Crippen molar-refractivity contribution in [3.63, 3.8) is 0 Å². The first-order chi connectivity index (χ1) is 11.2. The van der Waals surface area contributed by atoms with Gasteiger partial charge in [-0.3, -0.25) is 0 Å². The lowest BCUT2D eigenvalue weighted by atomic mass is 10.2. The van der Waals surface area contributed by atoms with E-state index in [1.807, 2.05) is 0 Å². The van der Waals surface area contributed by atoms with Gasteiger partial charge in [0.2, 0.25) is 11.7 Å². The summed E-state index contributed by atoms with van der Waals surface area (Å²) in [6, 6.07) is 0. The molecule has 0 aromatic carbocycles. The third-order valence-corrected chi connectivity index (χ3v) is 3.62. The number of alkyl halides is 6. The Morgan fingerprint density at radius 1 is 0.680 bits per heavy atom. The molecule has 2 atom stereocenters. The number of halogens is 10. The second kappa shape index (κ2) is 9.67.